The van der Waals surface area contributed by atoms with Gasteiger partial charge in [-0.25, -0.2) is 4.98 Å². The van der Waals surface area contributed by atoms with E-state index in [0.717, 1.165) is 31.5 Å². The van der Waals surface area contributed by atoms with E-state index in [0.29, 0.717) is 5.88 Å². The second-order valence-electron chi connectivity index (χ2n) is 4.52. The van der Waals surface area contributed by atoms with Gasteiger partial charge < -0.3 is 9.64 Å². The summed E-state index contributed by atoms with van der Waals surface area (Å²) in [4.78, 5) is 17.4. The van der Waals surface area contributed by atoms with E-state index in [-0.39, 0.29) is 12.0 Å². The summed E-state index contributed by atoms with van der Waals surface area (Å²) in [5.41, 5.74) is 1.14. The lowest BCUT2D eigenvalue weighted by Crippen LogP contribution is -2.41. The summed E-state index contributed by atoms with van der Waals surface area (Å²) >= 11 is 0. The van der Waals surface area contributed by atoms with Crippen molar-refractivity contribution in [2.24, 2.45) is 0 Å². The average Bonchev–Trinajstić information content (AvgIpc) is 2.39. The Hall–Kier alpha value is -1.84. The monoisotopic (exact) mass is 246 g/mol. The normalized spacial score (nSPS) is 16.4. The molecule has 2 rings (SSSR count). The number of piperidine rings is 1. The Kier molecular flexibility index (Phi) is 3.97. The Bertz CT molecular complexity index is 437. The number of carbonyl (C=O) groups excluding carboxylic acids is 1. The van der Waals surface area contributed by atoms with Crippen molar-refractivity contribution in [2.45, 2.75) is 25.9 Å². The van der Waals surface area contributed by atoms with Gasteiger partial charge in [0.1, 0.15) is 6.10 Å². The molecule has 96 valence electrons. The molecule has 0 unspecified atom stereocenters. The first kappa shape index (κ1) is 12.6. The van der Waals surface area contributed by atoms with Gasteiger partial charge in [-0.05, 0) is 24.6 Å². The van der Waals surface area contributed by atoms with Crippen molar-refractivity contribution in [3.05, 3.63) is 36.5 Å². The van der Waals surface area contributed by atoms with E-state index < -0.39 is 0 Å². The van der Waals surface area contributed by atoms with Crippen molar-refractivity contribution in [3.8, 4) is 5.88 Å². The molecule has 0 N–H and O–H groups in total. The molecular weight excluding hydrogens is 228 g/mol. The molecule has 1 aromatic rings. The Labute approximate surface area is 107 Å². The highest BCUT2D eigenvalue weighted by Crippen LogP contribution is 2.18. The van der Waals surface area contributed by atoms with Gasteiger partial charge in [0.05, 0.1) is 0 Å². The van der Waals surface area contributed by atoms with E-state index >= 15 is 0 Å². The lowest BCUT2D eigenvalue weighted by Gasteiger charge is -2.31. The topological polar surface area (TPSA) is 42.4 Å². The maximum Gasteiger partial charge on any atom is 0.245 e. The zero-order valence-corrected chi connectivity index (χ0v) is 10.6. The summed E-state index contributed by atoms with van der Waals surface area (Å²) in [5, 5.41) is 0. The van der Waals surface area contributed by atoms with Gasteiger partial charge >= 0.3 is 0 Å². The van der Waals surface area contributed by atoms with Crippen LogP contribution in [0.1, 0.15) is 18.4 Å². The Morgan fingerprint density at radius 2 is 2.28 bits per heavy atom. The fourth-order valence-electron chi connectivity index (χ4n) is 2.07. The highest BCUT2D eigenvalue weighted by atomic mass is 16.5. The van der Waals surface area contributed by atoms with E-state index in [1.54, 1.807) is 11.1 Å². The second kappa shape index (κ2) is 5.67. The van der Waals surface area contributed by atoms with Gasteiger partial charge in [0.15, 0.2) is 0 Å². The molecule has 0 atom stereocenters. The van der Waals surface area contributed by atoms with Crippen LogP contribution in [0.15, 0.2) is 31.0 Å². The first-order valence-corrected chi connectivity index (χ1v) is 6.19. The van der Waals surface area contributed by atoms with E-state index in [2.05, 4.69) is 11.6 Å². The van der Waals surface area contributed by atoms with Crippen LogP contribution in [0.25, 0.3) is 0 Å². The molecule has 0 aliphatic carbocycles. The number of rotatable bonds is 3. The van der Waals surface area contributed by atoms with E-state index in [1.165, 1.54) is 6.08 Å². The molecule has 1 aromatic heterocycles. The SMILES string of the molecule is C=CC(=O)N1CCC(Oc2cc(C)ccn2)CC1. The lowest BCUT2D eigenvalue weighted by atomic mass is 10.1. The first-order chi connectivity index (χ1) is 8.69. The third-order valence-electron chi connectivity index (χ3n) is 3.11. The minimum Gasteiger partial charge on any atom is -0.474 e. The number of pyridine rings is 1. The molecule has 1 aliphatic heterocycles. The lowest BCUT2D eigenvalue weighted by molar-refractivity contribution is -0.127. The largest absolute Gasteiger partial charge is 0.474 e. The van der Waals surface area contributed by atoms with E-state index in [1.807, 2.05) is 19.1 Å². The maximum atomic E-state index is 11.4. The third-order valence-corrected chi connectivity index (χ3v) is 3.11. The number of hydrogen-bond donors (Lipinski definition) is 0. The van der Waals surface area contributed by atoms with E-state index in [9.17, 15) is 4.79 Å². The maximum absolute atomic E-state index is 11.4. The average molecular weight is 246 g/mol. The summed E-state index contributed by atoms with van der Waals surface area (Å²) in [5.74, 6) is 0.672. The van der Waals surface area contributed by atoms with Crippen molar-refractivity contribution >= 4 is 5.91 Å². The molecule has 0 spiro atoms. The molecule has 1 fully saturated rings. The van der Waals surface area contributed by atoms with Crippen LogP contribution in [0.4, 0.5) is 0 Å². The molecule has 0 saturated carbocycles. The molecule has 4 heteroatoms. The molecule has 1 aliphatic rings. The molecule has 2 heterocycles. The minimum absolute atomic E-state index is 0.00197. The van der Waals surface area contributed by atoms with Crippen LogP contribution in [0.5, 0.6) is 5.88 Å². The van der Waals surface area contributed by atoms with Gasteiger partial charge in [0.2, 0.25) is 11.8 Å². The second-order valence-corrected chi connectivity index (χ2v) is 4.52. The van der Waals surface area contributed by atoms with Crippen molar-refractivity contribution in [1.29, 1.82) is 0 Å². The molecule has 4 nitrogen and oxygen atoms in total. The molecule has 0 aromatic carbocycles. The van der Waals surface area contributed by atoms with Crippen LogP contribution in [0.2, 0.25) is 0 Å². The van der Waals surface area contributed by atoms with Crippen LogP contribution in [-0.2, 0) is 4.79 Å². The zero-order chi connectivity index (χ0) is 13.0. The smallest absolute Gasteiger partial charge is 0.245 e. The third kappa shape index (κ3) is 3.09. The summed E-state index contributed by atoms with van der Waals surface area (Å²) < 4.78 is 5.82. The predicted octanol–water partition coefficient (Wildman–Crippen LogP) is 1.95. The summed E-state index contributed by atoms with van der Waals surface area (Å²) in [6.45, 7) is 6.96. The van der Waals surface area contributed by atoms with Gasteiger partial charge in [0.25, 0.3) is 0 Å². The van der Waals surface area contributed by atoms with Crippen LogP contribution in [-0.4, -0.2) is 35.0 Å². The van der Waals surface area contributed by atoms with Gasteiger partial charge in [-0.1, -0.05) is 6.58 Å². The molecule has 0 bridgehead atoms. The summed E-state index contributed by atoms with van der Waals surface area (Å²) in [7, 11) is 0. The van der Waals surface area contributed by atoms with Gasteiger partial charge in [-0.15, -0.1) is 0 Å². The molecule has 0 radical (unpaired) electrons. The number of ether oxygens (including phenoxy) is 1. The minimum atomic E-state index is 0.00197. The number of carbonyl (C=O) groups is 1. The van der Waals surface area contributed by atoms with Gasteiger partial charge in [0, 0.05) is 38.2 Å². The number of nitrogens with zero attached hydrogens (tertiary/aromatic N) is 2. The molecular formula is C14H18N2O2. The molecule has 1 saturated heterocycles. The number of aryl methyl sites for hydroxylation is 1. The Balaban J connectivity index is 1.87. The quantitative estimate of drug-likeness (QED) is 0.765. The van der Waals surface area contributed by atoms with Crippen LogP contribution < -0.4 is 4.74 Å². The number of likely N-dealkylation sites (tertiary alicyclic amines) is 1. The van der Waals surface area contributed by atoms with Crippen molar-refractivity contribution in [3.63, 3.8) is 0 Å². The Morgan fingerprint density at radius 1 is 1.56 bits per heavy atom. The standard InChI is InChI=1S/C14H18N2O2/c1-3-14(17)16-8-5-12(6-9-16)18-13-10-11(2)4-7-15-13/h3-4,7,10,12H,1,5-6,8-9H2,2H3. The van der Waals surface area contributed by atoms with Gasteiger partial charge in [-0.2, -0.15) is 0 Å². The predicted molar refractivity (Wildman–Crippen MR) is 69.4 cm³/mol. The fraction of sp³-hybridized carbons (Fsp3) is 0.429. The zero-order valence-electron chi connectivity index (χ0n) is 10.6. The van der Waals surface area contributed by atoms with Crippen LogP contribution in [0.3, 0.4) is 0 Å². The van der Waals surface area contributed by atoms with Crippen LogP contribution in [0, 0.1) is 6.92 Å². The van der Waals surface area contributed by atoms with Crippen LogP contribution >= 0.6 is 0 Å². The van der Waals surface area contributed by atoms with E-state index in [4.69, 9.17) is 4.74 Å². The van der Waals surface area contributed by atoms with Crippen molar-refractivity contribution in [1.82, 2.24) is 9.88 Å². The summed E-state index contributed by atoms with van der Waals surface area (Å²) in [6, 6.07) is 3.87. The fourth-order valence-corrected chi connectivity index (χ4v) is 2.07. The van der Waals surface area contributed by atoms with Gasteiger partial charge in [-0.3, -0.25) is 4.79 Å². The highest BCUT2D eigenvalue weighted by Gasteiger charge is 2.22. The summed E-state index contributed by atoms with van der Waals surface area (Å²) in [6.07, 6.45) is 4.95. The van der Waals surface area contributed by atoms with Crippen molar-refractivity contribution in [2.75, 3.05) is 13.1 Å². The molecule has 1 amide bonds. The number of amides is 1. The van der Waals surface area contributed by atoms with Crippen molar-refractivity contribution < 1.29 is 9.53 Å². The molecule has 18 heavy (non-hydrogen) atoms. The Morgan fingerprint density at radius 3 is 2.89 bits per heavy atom. The first-order valence-electron chi connectivity index (χ1n) is 6.19. The number of hydrogen-bond acceptors (Lipinski definition) is 3. The highest BCUT2D eigenvalue weighted by molar-refractivity contribution is 5.87. The number of aromatic nitrogens is 1.